The predicted octanol–water partition coefficient (Wildman–Crippen LogP) is 3.87. The van der Waals surface area contributed by atoms with Crippen LogP contribution in [0.1, 0.15) is 73.1 Å². The van der Waals surface area contributed by atoms with Gasteiger partial charge in [0.25, 0.3) is 0 Å². The molecule has 0 aliphatic heterocycles. The number of ketones is 2. The van der Waals surface area contributed by atoms with E-state index in [1.165, 1.54) is 12.5 Å². The van der Waals surface area contributed by atoms with Crippen molar-refractivity contribution < 1.29 is 24.2 Å². The third-order valence-electron chi connectivity index (χ3n) is 9.69. The van der Waals surface area contributed by atoms with E-state index < -0.39 is 17.0 Å². The zero-order valence-corrected chi connectivity index (χ0v) is 19.0. The second-order valence-corrected chi connectivity index (χ2v) is 11.1. The summed E-state index contributed by atoms with van der Waals surface area (Å²) in [6.45, 7) is 9.58. The molecule has 0 saturated heterocycles. The van der Waals surface area contributed by atoms with Crippen molar-refractivity contribution in [2.24, 2.45) is 40.4 Å². The topological polar surface area (TPSA) is 80.7 Å². The minimum absolute atomic E-state index is 0.0449. The average molecular weight is 417 g/mol. The van der Waals surface area contributed by atoms with Gasteiger partial charge in [0.1, 0.15) is 5.60 Å². The van der Waals surface area contributed by atoms with Crippen molar-refractivity contribution in [1.29, 1.82) is 0 Å². The van der Waals surface area contributed by atoms with Crippen LogP contribution < -0.4 is 0 Å². The van der Waals surface area contributed by atoms with Crippen molar-refractivity contribution in [2.75, 3.05) is 6.61 Å². The summed E-state index contributed by atoms with van der Waals surface area (Å²) >= 11 is 0. The van der Waals surface area contributed by atoms with Crippen LogP contribution in [0.4, 0.5) is 0 Å². The maximum atomic E-state index is 13.1. The summed E-state index contributed by atoms with van der Waals surface area (Å²) in [5.41, 5.74) is -0.590. The van der Waals surface area contributed by atoms with E-state index in [1.807, 2.05) is 13.0 Å². The molecular weight excluding hydrogens is 380 g/mol. The standard InChI is InChI=1S/C25H36O5/c1-14-10-18-19(23(4)8-6-17(27)12-20(14)23)7-9-24(5)21(18)11-15(2)25(24,29)22(28)13-30-16(3)26/h12,14-15,18-19,21,29H,6-11,13H2,1-5H3/t14-,15+,18+,19-,21+,23+,24+,25-/m0/s1. The van der Waals surface area contributed by atoms with Crippen molar-refractivity contribution in [3.05, 3.63) is 11.6 Å². The maximum Gasteiger partial charge on any atom is 0.303 e. The number of aliphatic hydroxyl groups is 1. The lowest BCUT2D eigenvalue weighted by Gasteiger charge is -2.60. The van der Waals surface area contributed by atoms with Crippen LogP contribution in [-0.2, 0) is 19.1 Å². The number of Topliss-reactive ketones (excluding diaryl/α,β-unsaturated/α-hetero) is 1. The number of hydrogen-bond acceptors (Lipinski definition) is 5. The molecule has 8 atom stereocenters. The highest BCUT2D eigenvalue weighted by atomic mass is 16.5. The molecule has 1 N–H and O–H groups in total. The molecule has 166 valence electrons. The molecule has 0 heterocycles. The van der Waals surface area contributed by atoms with E-state index in [2.05, 4.69) is 20.8 Å². The fourth-order valence-electron chi connectivity index (χ4n) is 8.20. The smallest absolute Gasteiger partial charge is 0.303 e. The highest BCUT2D eigenvalue weighted by Crippen LogP contribution is 2.69. The summed E-state index contributed by atoms with van der Waals surface area (Å²) in [7, 11) is 0. The molecule has 3 saturated carbocycles. The molecule has 0 spiro atoms. The van der Waals surface area contributed by atoms with Gasteiger partial charge < -0.3 is 9.84 Å². The number of ether oxygens (including phenoxy) is 1. The number of rotatable bonds is 3. The highest BCUT2D eigenvalue weighted by molar-refractivity contribution is 5.92. The SMILES string of the molecule is CC(=O)OCC(=O)[C@@]1(O)[C@H](C)C[C@@H]2[C@@H]3C[C@H](C)C4=CC(=O)CC[C@]4(C)[C@H]3CC[C@]21C. The Morgan fingerprint density at radius 2 is 1.87 bits per heavy atom. The van der Waals surface area contributed by atoms with Crippen LogP contribution in [0.15, 0.2) is 11.6 Å². The van der Waals surface area contributed by atoms with Crippen molar-refractivity contribution >= 4 is 17.5 Å². The molecule has 0 amide bonds. The van der Waals surface area contributed by atoms with Crippen molar-refractivity contribution in [1.82, 2.24) is 0 Å². The van der Waals surface area contributed by atoms with Crippen LogP contribution in [0.3, 0.4) is 0 Å². The first-order valence-electron chi connectivity index (χ1n) is 11.6. The first-order chi connectivity index (χ1) is 13.9. The van der Waals surface area contributed by atoms with Crippen molar-refractivity contribution in [2.45, 2.75) is 78.7 Å². The Kier molecular flexibility index (Phi) is 5.08. The quantitative estimate of drug-likeness (QED) is 0.707. The van der Waals surface area contributed by atoms with Gasteiger partial charge >= 0.3 is 5.97 Å². The van der Waals surface area contributed by atoms with Crippen LogP contribution in [0.2, 0.25) is 0 Å². The van der Waals surface area contributed by atoms with Gasteiger partial charge in [0.15, 0.2) is 12.4 Å². The van der Waals surface area contributed by atoms with Crippen molar-refractivity contribution in [3.8, 4) is 0 Å². The Hall–Kier alpha value is -1.49. The van der Waals surface area contributed by atoms with E-state index in [9.17, 15) is 19.5 Å². The average Bonchev–Trinajstić information content (AvgIpc) is 2.89. The largest absolute Gasteiger partial charge is 0.458 e. The third-order valence-corrected chi connectivity index (χ3v) is 9.69. The number of esters is 1. The monoisotopic (exact) mass is 416 g/mol. The lowest BCUT2D eigenvalue weighted by molar-refractivity contribution is -0.175. The van der Waals surface area contributed by atoms with E-state index in [-0.39, 0.29) is 35.4 Å². The molecule has 0 unspecified atom stereocenters. The number of allylic oxidation sites excluding steroid dienone is 1. The summed E-state index contributed by atoms with van der Waals surface area (Å²) < 4.78 is 4.99. The Morgan fingerprint density at radius 1 is 1.17 bits per heavy atom. The van der Waals surface area contributed by atoms with Gasteiger partial charge in [-0.05, 0) is 73.2 Å². The normalized spacial score (nSPS) is 47.6. The highest BCUT2D eigenvalue weighted by Gasteiger charge is 2.69. The minimum atomic E-state index is -1.46. The lowest BCUT2D eigenvalue weighted by Crippen LogP contribution is -2.60. The summed E-state index contributed by atoms with van der Waals surface area (Å²) in [5.74, 6) is 0.780. The van der Waals surface area contributed by atoms with Gasteiger partial charge in [-0.15, -0.1) is 0 Å². The lowest BCUT2D eigenvalue weighted by atomic mass is 9.44. The summed E-state index contributed by atoms with van der Waals surface area (Å²) in [6, 6.07) is 0. The van der Waals surface area contributed by atoms with E-state index in [0.717, 1.165) is 32.1 Å². The first kappa shape index (κ1) is 21.7. The summed E-state index contributed by atoms with van der Waals surface area (Å²) in [5, 5.41) is 11.8. The molecule has 0 aromatic carbocycles. The molecule has 5 heteroatoms. The summed E-state index contributed by atoms with van der Waals surface area (Å²) in [6.07, 6.45) is 7.05. The molecule has 5 nitrogen and oxygen atoms in total. The van der Waals surface area contributed by atoms with Gasteiger partial charge in [0.2, 0.25) is 5.78 Å². The number of hydrogen-bond donors (Lipinski definition) is 1. The third kappa shape index (κ3) is 2.80. The van der Waals surface area contributed by atoms with Crippen LogP contribution in [-0.4, -0.2) is 34.9 Å². The molecule has 0 bridgehead atoms. The van der Waals surface area contributed by atoms with E-state index in [0.29, 0.717) is 24.2 Å². The number of carbonyl (C=O) groups is 3. The molecule has 30 heavy (non-hydrogen) atoms. The van der Waals surface area contributed by atoms with Crippen LogP contribution in [0.5, 0.6) is 0 Å². The zero-order valence-electron chi connectivity index (χ0n) is 19.0. The van der Waals surface area contributed by atoms with Crippen LogP contribution in [0, 0.1) is 40.4 Å². The Labute approximate surface area is 179 Å². The molecule has 3 fully saturated rings. The Morgan fingerprint density at radius 3 is 2.53 bits per heavy atom. The maximum absolute atomic E-state index is 13.1. The van der Waals surface area contributed by atoms with Crippen LogP contribution in [0.25, 0.3) is 0 Å². The molecule has 0 radical (unpaired) electrons. The molecule has 4 rings (SSSR count). The fourth-order valence-corrected chi connectivity index (χ4v) is 8.20. The summed E-state index contributed by atoms with van der Waals surface area (Å²) in [4.78, 5) is 36.5. The molecule has 4 aliphatic carbocycles. The minimum Gasteiger partial charge on any atom is -0.458 e. The predicted molar refractivity (Wildman–Crippen MR) is 112 cm³/mol. The second kappa shape index (κ2) is 7.01. The van der Waals surface area contributed by atoms with Gasteiger partial charge in [0.05, 0.1) is 0 Å². The van der Waals surface area contributed by atoms with Gasteiger partial charge in [-0.2, -0.15) is 0 Å². The molecule has 4 aliphatic rings. The Bertz CT molecular complexity index is 814. The Balaban J connectivity index is 1.68. The first-order valence-corrected chi connectivity index (χ1v) is 11.6. The molecule has 0 aromatic heterocycles. The van der Waals surface area contributed by atoms with Gasteiger partial charge in [-0.25, -0.2) is 0 Å². The zero-order chi connectivity index (χ0) is 22.1. The second-order valence-electron chi connectivity index (χ2n) is 11.1. The molecular formula is C25H36O5. The van der Waals surface area contributed by atoms with E-state index >= 15 is 0 Å². The van der Waals surface area contributed by atoms with Gasteiger partial charge in [0, 0.05) is 18.8 Å². The number of fused-ring (bicyclic) bond motifs is 5. The van der Waals surface area contributed by atoms with Crippen molar-refractivity contribution in [3.63, 3.8) is 0 Å². The fraction of sp³-hybridized carbons (Fsp3) is 0.800. The van der Waals surface area contributed by atoms with E-state index in [1.54, 1.807) is 0 Å². The molecule has 0 aromatic rings. The van der Waals surface area contributed by atoms with Crippen LogP contribution >= 0.6 is 0 Å². The van der Waals surface area contributed by atoms with E-state index in [4.69, 9.17) is 4.74 Å². The van der Waals surface area contributed by atoms with Gasteiger partial charge in [-0.3, -0.25) is 14.4 Å². The van der Waals surface area contributed by atoms with Gasteiger partial charge in [-0.1, -0.05) is 33.3 Å². The number of carbonyl (C=O) groups excluding carboxylic acids is 3.